The zero-order valence-corrected chi connectivity index (χ0v) is 12.8. The Balaban J connectivity index is 2.20. The monoisotopic (exact) mass is 291 g/mol. The molecule has 0 fully saturated rings. The van der Waals surface area contributed by atoms with Gasteiger partial charge in [0, 0.05) is 5.56 Å². The third kappa shape index (κ3) is 3.80. The van der Waals surface area contributed by atoms with Crippen molar-refractivity contribution in [3.8, 4) is 17.2 Å². The van der Waals surface area contributed by atoms with Gasteiger partial charge in [0.2, 0.25) is 0 Å². The van der Waals surface area contributed by atoms with Crippen LogP contribution in [0.5, 0.6) is 5.75 Å². The Morgan fingerprint density at radius 2 is 2.14 bits per heavy atom. The van der Waals surface area contributed by atoms with Crippen molar-refractivity contribution in [3.63, 3.8) is 0 Å². The van der Waals surface area contributed by atoms with Crippen LogP contribution in [0.3, 0.4) is 0 Å². The minimum atomic E-state index is -0.801. The summed E-state index contributed by atoms with van der Waals surface area (Å²) in [6.07, 6.45) is 0.0950. The number of nitrogens with zero attached hydrogens (tertiary/aromatic N) is 2. The Kier molecular flexibility index (Phi) is 4.59. The molecule has 0 saturated carbocycles. The van der Waals surface area contributed by atoms with E-state index in [1.165, 1.54) is 0 Å². The van der Waals surface area contributed by atoms with Crippen molar-refractivity contribution in [2.75, 3.05) is 13.7 Å². The van der Waals surface area contributed by atoms with E-state index in [1.807, 2.05) is 45.0 Å². The summed E-state index contributed by atoms with van der Waals surface area (Å²) in [7, 11) is 1.61. The molecule has 114 valence electrons. The predicted octanol–water partition coefficient (Wildman–Crippen LogP) is 2.34. The van der Waals surface area contributed by atoms with Crippen molar-refractivity contribution in [2.45, 2.75) is 32.4 Å². The van der Waals surface area contributed by atoms with Gasteiger partial charge in [-0.2, -0.15) is 4.98 Å². The van der Waals surface area contributed by atoms with Crippen LogP contribution in [0.4, 0.5) is 0 Å². The molecule has 1 aromatic heterocycles. The molecule has 0 saturated heterocycles. The highest BCUT2D eigenvalue weighted by molar-refractivity contribution is 5.55. The number of aromatic nitrogens is 2. The van der Waals surface area contributed by atoms with Crippen LogP contribution < -0.4 is 10.5 Å². The molecule has 0 spiro atoms. The standard InChI is InChI=1S/C15H21N3O3/c1-10(2)20-9-15(3,16)14-17-13(21-18-14)11-6-5-7-12(8-11)19-4/h5-8,10H,9,16H2,1-4H3. The SMILES string of the molecule is COc1cccc(-c2nc(C(C)(N)COC(C)C)no2)c1. The van der Waals surface area contributed by atoms with E-state index in [2.05, 4.69) is 10.1 Å². The molecule has 0 aliphatic carbocycles. The number of hydrogen-bond acceptors (Lipinski definition) is 6. The maximum atomic E-state index is 6.20. The smallest absolute Gasteiger partial charge is 0.258 e. The second-order valence-corrected chi connectivity index (χ2v) is 5.43. The van der Waals surface area contributed by atoms with Gasteiger partial charge < -0.3 is 19.7 Å². The van der Waals surface area contributed by atoms with Crippen molar-refractivity contribution in [1.29, 1.82) is 0 Å². The minimum absolute atomic E-state index is 0.0950. The summed E-state index contributed by atoms with van der Waals surface area (Å²) in [5.41, 5.74) is 6.18. The van der Waals surface area contributed by atoms with E-state index in [9.17, 15) is 0 Å². The van der Waals surface area contributed by atoms with E-state index < -0.39 is 5.54 Å². The molecule has 1 aromatic carbocycles. The average Bonchev–Trinajstić information content (AvgIpc) is 2.96. The third-order valence-electron chi connectivity index (χ3n) is 2.97. The predicted molar refractivity (Wildman–Crippen MR) is 78.9 cm³/mol. The van der Waals surface area contributed by atoms with Crippen LogP contribution in [0.15, 0.2) is 28.8 Å². The van der Waals surface area contributed by atoms with Crippen molar-refractivity contribution in [2.24, 2.45) is 5.73 Å². The lowest BCUT2D eigenvalue weighted by Gasteiger charge is -2.21. The van der Waals surface area contributed by atoms with Crippen LogP contribution in [-0.2, 0) is 10.3 Å². The van der Waals surface area contributed by atoms with Crippen molar-refractivity contribution < 1.29 is 14.0 Å². The molecule has 2 rings (SSSR count). The molecule has 2 N–H and O–H groups in total. The van der Waals surface area contributed by atoms with Gasteiger partial charge in [-0.25, -0.2) is 0 Å². The molecule has 1 atom stereocenters. The van der Waals surface area contributed by atoms with Gasteiger partial charge in [0.05, 0.1) is 19.8 Å². The van der Waals surface area contributed by atoms with Gasteiger partial charge in [0.15, 0.2) is 5.82 Å². The molecule has 1 unspecified atom stereocenters. The van der Waals surface area contributed by atoms with Crippen molar-refractivity contribution in [3.05, 3.63) is 30.1 Å². The van der Waals surface area contributed by atoms with Gasteiger partial charge in [-0.15, -0.1) is 0 Å². The summed E-state index contributed by atoms with van der Waals surface area (Å²) in [5, 5.41) is 3.97. The first-order chi connectivity index (χ1) is 9.92. The fourth-order valence-corrected chi connectivity index (χ4v) is 1.73. The first kappa shape index (κ1) is 15.5. The van der Waals surface area contributed by atoms with Gasteiger partial charge in [0.25, 0.3) is 5.89 Å². The first-order valence-corrected chi connectivity index (χ1v) is 6.81. The summed E-state index contributed by atoms with van der Waals surface area (Å²) in [6.45, 7) is 6.04. The van der Waals surface area contributed by atoms with E-state index in [0.29, 0.717) is 18.3 Å². The molecule has 6 nitrogen and oxygen atoms in total. The van der Waals surface area contributed by atoms with Crippen LogP contribution in [0, 0.1) is 0 Å². The molecule has 0 amide bonds. The van der Waals surface area contributed by atoms with Gasteiger partial charge in [-0.3, -0.25) is 0 Å². The Morgan fingerprint density at radius 3 is 2.81 bits per heavy atom. The fourth-order valence-electron chi connectivity index (χ4n) is 1.73. The van der Waals surface area contributed by atoms with Gasteiger partial charge in [0.1, 0.15) is 11.3 Å². The lowest BCUT2D eigenvalue weighted by molar-refractivity contribution is 0.0410. The second kappa shape index (κ2) is 6.24. The lowest BCUT2D eigenvalue weighted by Crippen LogP contribution is -2.40. The van der Waals surface area contributed by atoms with Gasteiger partial charge in [-0.1, -0.05) is 11.2 Å². The van der Waals surface area contributed by atoms with Crippen LogP contribution >= 0.6 is 0 Å². The normalized spacial score (nSPS) is 14.2. The second-order valence-electron chi connectivity index (χ2n) is 5.43. The van der Waals surface area contributed by atoms with E-state index >= 15 is 0 Å². The molecule has 0 aliphatic rings. The Labute approximate surface area is 124 Å². The Bertz CT molecular complexity index is 593. The molecule has 1 heterocycles. The summed E-state index contributed by atoms with van der Waals surface area (Å²) in [6, 6.07) is 7.42. The molecule has 6 heteroatoms. The highest BCUT2D eigenvalue weighted by Gasteiger charge is 2.28. The summed E-state index contributed by atoms with van der Waals surface area (Å²) in [4.78, 5) is 4.37. The maximum Gasteiger partial charge on any atom is 0.258 e. The number of ether oxygens (including phenoxy) is 2. The lowest BCUT2D eigenvalue weighted by atomic mass is 10.1. The molecule has 2 aromatic rings. The minimum Gasteiger partial charge on any atom is -0.497 e. The molecular weight excluding hydrogens is 270 g/mol. The molecule has 0 aliphatic heterocycles. The van der Waals surface area contributed by atoms with E-state index in [-0.39, 0.29) is 6.10 Å². The zero-order chi connectivity index (χ0) is 15.5. The van der Waals surface area contributed by atoms with Gasteiger partial charge >= 0.3 is 0 Å². The highest BCUT2D eigenvalue weighted by atomic mass is 16.5. The zero-order valence-electron chi connectivity index (χ0n) is 12.8. The molecule has 0 bridgehead atoms. The number of rotatable bonds is 6. The number of hydrogen-bond donors (Lipinski definition) is 1. The maximum absolute atomic E-state index is 6.20. The molecule has 21 heavy (non-hydrogen) atoms. The largest absolute Gasteiger partial charge is 0.497 e. The molecule has 0 radical (unpaired) electrons. The quantitative estimate of drug-likeness (QED) is 0.879. The van der Waals surface area contributed by atoms with E-state index in [0.717, 1.165) is 11.3 Å². The number of methoxy groups -OCH3 is 1. The number of nitrogens with two attached hydrogens (primary N) is 1. The average molecular weight is 291 g/mol. The van der Waals surface area contributed by atoms with E-state index in [1.54, 1.807) is 7.11 Å². The van der Waals surface area contributed by atoms with Crippen molar-refractivity contribution in [1.82, 2.24) is 10.1 Å². The number of benzene rings is 1. The third-order valence-corrected chi connectivity index (χ3v) is 2.97. The Morgan fingerprint density at radius 1 is 1.38 bits per heavy atom. The summed E-state index contributed by atoms with van der Waals surface area (Å²) in [5.74, 6) is 1.55. The van der Waals surface area contributed by atoms with Crippen LogP contribution in [0.2, 0.25) is 0 Å². The first-order valence-electron chi connectivity index (χ1n) is 6.81. The highest BCUT2D eigenvalue weighted by Crippen LogP contribution is 2.24. The Hall–Kier alpha value is -1.92. The van der Waals surface area contributed by atoms with E-state index in [4.69, 9.17) is 19.7 Å². The molecular formula is C15H21N3O3. The topological polar surface area (TPSA) is 83.4 Å². The van der Waals surface area contributed by atoms with Crippen LogP contribution in [-0.4, -0.2) is 30.0 Å². The summed E-state index contributed by atoms with van der Waals surface area (Å²) >= 11 is 0. The van der Waals surface area contributed by atoms with Gasteiger partial charge in [-0.05, 0) is 39.0 Å². The van der Waals surface area contributed by atoms with Crippen molar-refractivity contribution >= 4 is 0 Å². The summed E-state index contributed by atoms with van der Waals surface area (Å²) < 4.78 is 16.0. The fraction of sp³-hybridized carbons (Fsp3) is 0.467. The van der Waals surface area contributed by atoms with Crippen LogP contribution in [0.1, 0.15) is 26.6 Å². The van der Waals surface area contributed by atoms with Crippen LogP contribution in [0.25, 0.3) is 11.5 Å².